The van der Waals surface area contributed by atoms with Crippen LogP contribution in [0.2, 0.25) is 0 Å². The van der Waals surface area contributed by atoms with Gasteiger partial charge >= 0.3 is 0 Å². The SMILES string of the molecule is O=C(NCC1(c2ccc(F)cc2)CC1)c1ccc(Oc2ccccc2)cc1. The molecule has 1 aliphatic carbocycles. The van der Waals surface area contributed by atoms with Crippen molar-refractivity contribution in [1.29, 1.82) is 0 Å². The van der Waals surface area contributed by atoms with Crippen LogP contribution in [0.15, 0.2) is 78.9 Å². The van der Waals surface area contributed by atoms with E-state index in [1.54, 1.807) is 24.3 Å². The summed E-state index contributed by atoms with van der Waals surface area (Å²) in [5.41, 5.74) is 1.61. The van der Waals surface area contributed by atoms with Gasteiger partial charge in [-0.3, -0.25) is 4.79 Å². The van der Waals surface area contributed by atoms with E-state index < -0.39 is 0 Å². The lowest BCUT2D eigenvalue weighted by molar-refractivity contribution is 0.0949. The van der Waals surface area contributed by atoms with Crippen molar-refractivity contribution in [3.8, 4) is 11.5 Å². The summed E-state index contributed by atoms with van der Waals surface area (Å²) in [5.74, 6) is 1.08. The number of carbonyl (C=O) groups excluding carboxylic acids is 1. The predicted octanol–water partition coefficient (Wildman–Crippen LogP) is 5.08. The minimum atomic E-state index is -0.239. The number of nitrogens with one attached hydrogen (secondary N) is 1. The Morgan fingerprint density at radius 1 is 0.889 bits per heavy atom. The van der Waals surface area contributed by atoms with Crippen LogP contribution in [0.4, 0.5) is 4.39 Å². The summed E-state index contributed by atoms with van der Waals surface area (Å²) in [7, 11) is 0. The number of halogens is 1. The molecule has 4 rings (SSSR count). The van der Waals surface area contributed by atoms with E-state index in [0.29, 0.717) is 17.9 Å². The molecule has 1 saturated carbocycles. The molecule has 3 aromatic carbocycles. The van der Waals surface area contributed by atoms with Crippen molar-refractivity contribution in [3.63, 3.8) is 0 Å². The number of amides is 1. The molecule has 0 aliphatic heterocycles. The molecule has 0 radical (unpaired) electrons. The van der Waals surface area contributed by atoms with Gasteiger partial charge in [0, 0.05) is 17.5 Å². The van der Waals surface area contributed by atoms with Gasteiger partial charge in [-0.25, -0.2) is 4.39 Å². The molecule has 136 valence electrons. The molecule has 0 spiro atoms. The molecule has 0 unspecified atom stereocenters. The van der Waals surface area contributed by atoms with Crippen molar-refractivity contribution < 1.29 is 13.9 Å². The highest BCUT2D eigenvalue weighted by molar-refractivity contribution is 5.94. The molecule has 3 aromatic rings. The van der Waals surface area contributed by atoms with Crippen molar-refractivity contribution in [2.45, 2.75) is 18.3 Å². The molecule has 27 heavy (non-hydrogen) atoms. The Morgan fingerprint density at radius 3 is 2.15 bits per heavy atom. The summed E-state index contributed by atoms with van der Waals surface area (Å²) in [6.45, 7) is 0.555. The average Bonchev–Trinajstić information content (AvgIpc) is 3.49. The van der Waals surface area contributed by atoms with Crippen LogP contribution < -0.4 is 10.1 Å². The number of para-hydroxylation sites is 1. The number of rotatable bonds is 6. The molecule has 1 aliphatic rings. The van der Waals surface area contributed by atoms with E-state index in [0.717, 1.165) is 24.2 Å². The zero-order valence-corrected chi connectivity index (χ0v) is 14.8. The Bertz CT molecular complexity index is 917. The molecule has 4 heteroatoms. The second kappa shape index (κ2) is 7.23. The van der Waals surface area contributed by atoms with E-state index in [1.165, 1.54) is 12.1 Å². The van der Waals surface area contributed by atoms with E-state index in [2.05, 4.69) is 5.32 Å². The second-order valence-corrected chi connectivity index (χ2v) is 6.91. The molecular weight excluding hydrogens is 341 g/mol. The Labute approximate surface area is 157 Å². The monoisotopic (exact) mass is 361 g/mol. The first-order valence-electron chi connectivity index (χ1n) is 9.02. The Hall–Kier alpha value is -3.14. The second-order valence-electron chi connectivity index (χ2n) is 6.91. The van der Waals surface area contributed by atoms with Crippen molar-refractivity contribution in [2.75, 3.05) is 6.54 Å². The van der Waals surface area contributed by atoms with Crippen LogP contribution in [0.1, 0.15) is 28.8 Å². The van der Waals surface area contributed by atoms with E-state index in [4.69, 9.17) is 4.74 Å². The van der Waals surface area contributed by atoms with Crippen LogP contribution >= 0.6 is 0 Å². The lowest BCUT2D eigenvalue weighted by atomic mass is 9.96. The van der Waals surface area contributed by atoms with Gasteiger partial charge in [-0.1, -0.05) is 30.3 Å². The van der Waals surface area contributed by atoms with Gasteiger partial charge < -0.3 is 10.1 Å². The Morgan fingerprint density at radius 2 is 1.52 bits per heavy atom. The normalized spacial score (nSPS) is 14.4. The molecule has 1 amide bonds. The lowest BCUT2D eigenvalue weighted by Crippen LogP contribution is -2.32. The zero-order chi connectivity index (χ0) is 18.7. The van der Waals surface area contributed by atoms with Crippen molar-refractivity contribution >= 4 is 5.91 Å². The van der Waals surface area contributed by atoms with Crippen LogP contribution in [-0.2, 0) is 5.41 Å². The van der Waals surface area contributed by atoms with Crippen molar-refractivity contribution in [2.24, 2.45) is 0 Å². The van der Waals surface area contributed by atoms with Gasteiger partial charge in [0.05, 0.1) is 0 Å². The van der Waals surface area contributed by atoms with Gasteiger partial charge in [-0.15, -0.1) is 0 Å². The van der Waals surface area contributed by atoms with Crippen LogP contribution in [-0.4, -0.2) is 12.5 Å². The molecule has 0 bridgehead atoms. The average molecular weight is 361 g/mol. The van der Waals surface area contributed by atoms with Gasteiger partial charge in [0.2, 0.25) is 0 Å². The van der Waals surface area contributed by atoms with E-state index in [1.807, 2.05) is 42.5 Å². The molecule has 0 heterocycles. The third kappa shape index (κ3) is 4.00. The fourth-order valence-corrected chi connectivity index (χ4v) is 3.17. The minimum Gasteiger partial charge on any atom is -0.457 e. The standard InChI is InChI=1S/C23H20FNO2/c24-19-10-8-18(9-11-19)23(14-15-23)16-25-22(26)17-6-12-21(13-7-17)27-20-4-2-1-3-5-20/h1-13H,14-16H2,(H,25,26). The van der Waals surface area contributed by atoms with Gasteiger partial charge in [0.1, 0.15) is 17.3 Å². The molecule has 1 N–H and O–H groups in total. The molecule has 3 nitrogen and oxygen atoms in total. The number of hydrogen-bond acceptors (Lipinski definition) is 2. The van der Waals surface area contributed by atoms with Gasteiger partial charge in [-0.05, 0) is 66.9 Å². The molecule has 0 atom stereocenters. The first-order chi connectivity index (χ1) is 13.1. The highest BCUT2D eigenvalue weighted by Gasteiger charge is 2.44. The summed E-state index contributed by atoms with van der Waals surface area (Å²) in [4.78, 5) is 12.5. The number of hydrogen-bond donors (Lipinski definition) is 1. The number of ether oxygens (including phenoxy) is 1. The maximum Gasteiger partial charge on any atom is 0.251 e. The highest BCUT2D eigenvalue weighted by atomic mass is 19.1. The van der Waals surface area contributed by atoms with Gasteiger partial charge in [-0.2, -0.15) is 0 Å². The molecular formula is C23H20FNO2. The summed E-state index contributed by atoms with van der Waals surface area (Å²) in [5, 5.41) is 3.01. The first kappa shape index (κ1) is 17.3. The largest absolute Gasteiger partial charge is 0.457 e. The Balaban J connectivity index is 1.36. The quantitative estimate of drug-likeness (QED) is 0.665. The predicted molar refractivity (Wildman–Crippen MR) is 103 cm³/mol. The smallest absolute Gasteiger partial charge is 0.251 e. The summed E-state index contributed by atoms with van der Waals surface area (Å²) >= 11 is 0. The molecule has 1 fully saturated rings. The van der Waals surface area contributed by atoms with E-state index >= 15 is 0 Å². The lowest BCUT2D eigenvalue weighted by Gasteiger charge is -2.17. The highest BCUT2D eigenvalue weighted by Crippen LogP contribution is 2.47. The summed E-state index contributed by atoms with van der Waals surface area (Å²) in [6.07, 6.45) is 2.01. The third-order valence-electron chi connectivity index (χ3n) is 4.99. The van der Waals surface area contributed by atoms with Crippen molar-refractivity contribution in [3.05, 3.63) is 95.8 Å². The molecule has 0 saturated heterocycles. The number of carbonyl (C=O) groups is 1. The van der Waals surface area contributed by atoms with Crippen molar-refractivity contribution in [1.82, 2.24) is 5.32 Å². The van der Waals surface area contributed by atoms with Crippen LogP contribution in [0, 0.1) is 5.82 Å². The topological polar surface area (TPSA) is 38.3 Å². The minimum absolute atomic E-state index is 0.0558. The fourth-order valence-electron chi connectivity index (χ4n) is 3.17. The fraction of sp³-hybridized carbons (Fsp3) is 0.174. The maximum atomic E-state index is 13.1. The molecule has 0 aromatic heterocycles. The summed E-state index contributed by atoms with van der Waals surface area (Å²) < 4.78 is 18.9. The summed E-state index contributed by atoms with van der Waals surface area (Å²) in [6, 6.07) is 23.2. The maximum absolute atomic E-state index is 13.1. The number of benzene rings is 3. The van der Waals surface area contributed by atoms with E-state index in [9.17, 15) is 9.18 Å². The van der Waals surface area contributed by atoms with Gasteiger partial charge in [0.15, 0.2) is 0 Å². The van der Waals surface area contributed by atoms with Crippen LogP contribution in [0.3, 0.4) is 0 Å². The van der Waals surface area contributed by atoms with Gasteiger partial charge in [0.25, 0.3) is 5.91 Å². The first-order valence-corrected chi connectivity index (χ1v) is 9.02. The van der Waals surface area contributed by atoms with Crippen LogP contribution in [0.25, 0.3) is 0 Å². The zero-order valence-electron chi connectivity index (χ0n) is 14.8. The van der Waals surface area contributed by atoms with E-state index in [-0.39, 0.29) is 17.1 Å². The van der Waals surface area contributed by atoms with Crippen LogP contribution in [0.5, 0.6) is 11.5 Å². The Kier molecular flexibility index (Phi) is 4.63. The third-order valence-corrected chi connectivity index (χ3v) is 4.99.